The Balaban J connectivity index is 2.87. The SMILES string of the molecule is C/C(O)=C/Sc1ccccc1C=O. The lowest BCUT2D eigenvalue weighted by Crippen LogP contribution is -1.82. The molecule has 1 aromatic carbocycles. The summed E-state index contributed by atoms with van der Waals surface area (Å²) >= 11 is 1.34. The van der Waals surface area contributed by atoms with Crippen LogP contribution in [0.3, 0.4) is 0 Å². The van der Waals surface area contributed by atoms with Crippen molar-refractivity contribution in [3.8, 4) is 0 Å². The van der Waals surface area contributed by atoms with E-state index in [1.165, 1.54) is 11.8 Å². The monoisotopic (exact) mass is 194 g/mol. The van der Waals surface area contributed by atoms with Gasteiger partial charge in [0.25, 0.3) is 0 Å². The summed E-state index contributed by atoms with van der Waals surface area (Å²) in [6.07, 6.45) is 0.808. The van der Waals surface area contributed by atoms with Crippen LogP contribution in [0.4, 0.5) is 0 Å². The fraction of sp³-hybridized carbons (Fsp3) is 0.100. The van der Waals surface area contributed by atoms with Gasteiger partial charge in [0.1, 0.15) is 0 Å². The molecule has 0 aromatic heterocycles. The minimum absolute atomic E-state index is 0.241. The summed E-state index contributed by atoms with van der Waals surface area (Å²) in [7, 11) is 0. The third-order valence-corrected chi connectivity index (χ3v) is 2.49. The number of allylic oxidation sites excluding steroid dienone is 1. The fourth-order valence-electron chi connectivity index (χ4n) is 0.834. The molecule has 0 amide bonds. The van der Waals surface area contributed by atoms with E-state index in [1.54, 1.807) is 18.4 Å². The molecule has 0 saturated heterocycles. The third-order valence-electron chi connectivity index (χ3n) is 1.40. The first-order valence-corrected chi connectivity index (χ1v) is 4.68. The largest absolute Gasteiger partial charge is 0.512 e. The Morgan fingerprint density at radius 3 is 2.77 bits per heavy atom. The van der Waals surface area contributed by atoms with Gasteiger partial charge in [-0.3, -0.25) is 4.79 Å². The van der Waals surface area contributed by atoms with E-state index in [4.69, 9.17) is 5.11 Å². The Labute approximate surface area is 81.3 Å². The molecule has 0 saturated carbocycles. The van der Waals surface area contributed by atoms with Gasteiger partial charge in [-0.15, -0.1) is 0 Å². The Morgan fingerprint density at radius 1 is 1.46 bits per heavy atom. The summed E-state index contributed by atoms with van der Waals surface area (Å²) in [6.45, 7) is 1.59. The molecule has 13 heavy (non-hydrogen) atoms. The summed E-state index contributed by atoms with van der Waals surface area (Å²) < 4.78 is 0. The molecule has 1 aromatic rings. The topological polar surface area (TPSA) is 37.3 Å². The van der Waals surface area contributed by atoms with Crippen LogP contribution in [0.2, 0.25) is 0 Å². The maximum atomic E-state index is 10.6. The predicted octanol–water partition coefficient (Wildman–Crippen LogP) is 3.01. The number of carbonyl (C=O) groups excluding carboxylic acids is 1. The van der Waals surface area contributed by atoms with E-state index in [2.05, 4.69) is 0 Å². The Morgan fingerprint density at radius 2 is 2.15 bits per heavy atom. The van der Waals surface area contributed by atoms with Crippen LogP contribution < -0.4 is 0 Å². The first-order valence-electron chi connectivity index (χ1n) is 3.80. The normalized spacial score (nSPS) is 11.3. The molecule has 0 aliphatic rings. The van der Waals surface area contributed by atoms with Gasteiger partial charge in [-0.25, -0.2) is 0 Å². The van der Waals surface area contributed by atoms with Crippen LogP contribution in [-0.4, -0.2) is 11.4 Å². The standard InChI is InChI=1S/C10H10O2S/c1-8(12)7-13-10-5-3-2-4-9(10)6-11/h2-7,12H,1H3/b8-7-. The van der Waals surface area contributed by atoms with E-state index in [0.717, 1.165) is 11.2 Å². The van der Waals surface area contributed by atoms with E-state index in [0.29, 0.717) is 5.56 Å². The average molecular weight is 194 g/mol. The number of aldehydes is 1. The highest BCUT2D eigenvalue weighted by Gasteiger charge is 1.98. The lowest BCUT2D eigenvalue weighted by Gasteiger charge is -1.99. The van der Waals surface area contributed by atoms with E-state index in [1.807, 2.05) is 18.2 Å². The van der Waals surface area contributed by atoms with Crippen LogP contribution in [0, 0.1) is 0 Å². The molecule has 0 spiro atoms. The number of benzene rings is 1. The molecule has 0 aliphatic carbocycles. The van der Waals surface area contributed by atoms with Crippen molar-refractivity contribution in [2.45, 2.75) is 11.8 Å². The highest BCUT2D eigenvalue weighted by Crippen LogP contribution is 2.22. The van der Waals surface area contributed by atoms with Crippen molar-refractivity contribution in [3.05, 3.63) is 41.0 Å². The Bertz CT molecular complexity index is 327. The van der Waals surface area contributed by atoms with Crippen molar-refractivity contribution >= 4 is 18.0 Å². The molecule has 3 heteroatoms. The Hall–Kier alpha value is -1.22. The molecule has 0 unspecified atom stereocenters. The lowest BCUT2D eigenvalue weighted by molar-refractivity contribution is 0.112. The average Bonchev–Trinajstić information content (AvgIpc) is 2.15. The molecule has 0 heterocycles. The smallest absolute Gasteiger partial charge is 0.151 e. The number of thioether (sulfide) groups is 1. The minimum Gasteiger partial charge on any atom is -0.512 e. The predicted molar refractivity (Wildman–Crippen MR) is 54.1 cm³/mol. The van der Waals surface area contributed by atoms with Crippen LogP contribution in [0.15, 0.2) is 40.3 Å². The summed E-state index contributed by atoms with van der Waals surface area (Å²) in [5, 5.41) is 10.5. The van der Waals surface area contributed by atoms with Gasteiger partial charge in [0, 0.05) is 15.9 Å². The molecule has 2 nitrogen and oxygen atoms in total. The first-order chi connectivity index (χ1) is 6.24. The summed E-state index contributed by atoms with van der Waals surface area (Å²) in [6, 6.07) is 7.25. The number of carbonyl (C=O) groups is 1. The fourth-order valence-corrected chi connectivity index (χ4v) is 1.54. The van der Waals surface area contributed by atoms with Gasteiger partial charge in [0.15, 0.2) is 6.29 Å². The van der Waals surface area contributed by atoms with Crippen molar-refractivity contribution in [2.75, 3.05) is 0 Å². The minimum atomic E-state index is 0.241. The van der Waals surface area contributed by atoms with Gasteiger partial charge >= 0.3 is 0 Å². The highest BCUT2D eigenvalue weighted by molar-refractivity contribution is 8.02. The van der Waals surface area contributed by atoms with E-state index < -0.39 is 0 Å². The molecule has 1 N–H and O–H groups in total. The number of rotatable bonds is 3. The van der Waals surface area contributed by atoms with E-state index >= 15 is 0 Å². The van der Waals surface area contributed by atoms with Crippen LogP contribution in [0.25, 0.3) is 0 Å². The van der Waals surface area contributed by atoms with E-state index in [-0.39, 0.29) is 5.76 Å². The number of aliphatic hydroxyl groups is 1. The lowest BCUT2D eigenvalue weighted by atomic mass is 10.2. The van der Waals surface area contributed by atoms with E-state index in [9.17, 15) is 4.79 Å². The molecule has 0 radical (unpaired) electrons. The van der Waals surface area contributed by atoms with Crippen LogP contribution in [-0.2, 0) is 0 Å². The molecule has 68 valence electrons. The Kier molecular flexibility index (Phi) is 3.58. The maximum absolute atomic E-state index is 10.6. The van der Waals surface area contributed by atoms with Crippen molar-refractivity contribution in [3.63, 3.8) is 0 Å². The maximum Gasteiger partial charge on any atom is 0.151 e. The molecule has 1 rings (SSSR count). The summed E-state index contributed by atoms with van der Waals surface area (Å²) in [5.41, 5.74) is 0.644. The van der Waals surface area contributed by atoms with Crippen molar-refractivity contribution in [1.82, 2.24) is 0 Å². The third kappa shape index (κ3) is 2.95. The number of aliphatic hydroxyl groups excluding tert-OH is 1. The second kappa shape index (κ2) is 4.72. The molecule has 0 bridgehead atoms. The molecular weight excluding hydrogens is 184 g/mol. The molecule has 0 fully saturated rings. The first kappa shape index (κ1) is 9.86. The number of hydrogen-bond acceptors (Lipinski definition) is 3. The second-order valence-electron chi connectivity index (χ2n) is 2.53. The van der Waals surface area contributed by atoms with Crippen LogP contribution >= 0.6 is 11.8 Å². The molecule has 0 aliphatic heterocycles. The molecule has 0 atom stereocenters. The molecular formula is C10H10O2S. The summed E-state index contributed by atoms with van der Waals surface area (Å²) in [5.74, 6) is 0.241. The van der Waals surface area contributed by atoms with Gasteiger partial charge in [-0.2, -0.15) is 0 Å². The van der Waals surface area contributed by atoms with Crippen molar-refractivity contribution < 1.29 is 9.90 Å². The van der Waals surface area contributed by atoms with Gasteiger partial charge in [0.2, 0.25) is 0 Å². The van der Waals surface area contributed by atoms with Gasteiger partial charge in [-0.1, -0.05) is 30.0 Å². The van der Waals surface area contributed by atoms with Crippen LogP contribution in [0.5, 0.6) is 0 Å². The van der Waals surface area contributed by atoms with Gasteiger partial charge in [0.05, 0.1) is 5.76 Å². The van der Waals surface area contributed by atoms with Crippen molar-refractivity contribution in [1.29, 1.82) is 0 Å². The van der Waals surface area contributed by atoms with Gasteiger partial charge in [-0.05, 0) is 13.0 Å². The second-order valence-corrected chi connectivity index (χ2v) is 3.44. The van der Waals surface area contributed by atoms with Gasteiger partial charge < -0.3 is 5.11 Å². The number of hydrogen-bond donors (Lipinski definition) is 1. The quantitative estimate of drug-likeness (QED) is 0.456. The van der Waals surface area contributed by atoms with Crippen LogP contribution in [0.1, 0.15) is 17.3 Å². The zero-order valence-electron chi connectivity index (χ0n) is 7.23. The zero-order chi connectivity index (χ0) is 9.68. The summed E-state index contributed by atoms with van der Waals surface area (Å²) in [4.78, 5) is 11.4. The highest BCUT2D eigenvalue weighted by atomic mass is 32.2. The van der Waals surface area contributed by atoms with Crippen molar-refractivity contribution in [2.24, 2.45) is 0 Å². The zero-order valence-corrected chi connectivity index (χ0v) is 8.04.